The largest absolute Gasteiger partial charge is 1.00 e. The van der Waals surface area contributed by atoms with Gasteiger partial charge in [-0.15, -0.1) is 6.58 Å². The van der Waals surface area contributed by atoms with Gasteiger partial charge in [0.05, 0.1) is 0 Å². The molecule has 0 aliphatic carbocycles. The van der Waals surface area contributed by atoms with Crippen LogP contribution < -0.4 is 34.9 Å². The Labute approximate surface area is 106 Å². The molecule has 0 aliphatic rings. The third-order valence-electron chi connectivity index (χ3n) is 1.45. The fourth-order valence-corrected chi connectivity index (χ4v) is 0.806. The predicted octanol–water partition coefficient (Wildman–Crippen LogP) is -2.80. The van der Waals surface area contributed by atoms with E-state index < -0.39 is 18.0 Å². The maximum atomic E-state index is 10.5. The number of hydrogen-bond acceptors (Lipinski definition) is 3. The zero-order valence-electron chi connectivity index (χ0n) is 9.19. The molecule has 0 aromatic carbocycles. The second kappa shape index (κ2) is 9.21. The molecule has 0 rings (SSSR count). The molecular weight excluding hydrogens is 197 g/mol. The minimum absolute atomic E-state index is 0. The smallest absolute Gasteiger partial charge is 1.00 e. The number of nitrogens with one attached hydrogen (secondary N) is 1. The molecule has 0 aromatic heterocycles. The first-order chi connectivity index (χ1) is 6.07. The first-order valence-corrected chi connectivity index (χ1v) is 3.86. The molecule has 14 heavy (non-hydrogen) atoms. The van der Waals surface area contributed by atoms with E-state index in [1.807, 2.05) is 0 Å². The molecule has 0 spiro atoms. The van der Waals surface area contributed by atoms with E-state index in [1.54, 1.807) is 0 Å². The summed E-state index contributed by atoms with van der Waals surface area (Å²) in [5, 5.41) is 19.6. The fourth-order valence-electron chi connectivity index (χ4n) is 0.806. The van der Waals surface area contributed by atoms with E-state index in [-0.39, 0.29) is 43.8 Å². The molecule has 0 radical (unpaired) electrons. The van der Waals surface area contributed by atoms with Crippen molar-refractivity contribution >= 4 is 11.9 Å². The summed E-state index contributed by atoms with van der Waals surface area (Å²) in [5.74, 6) is -2.03. The molecule has 0 aromatic rings. The van der Waals surface area contributed by atoms with E-state index in [0.717, 1.165) is 0 Å². The third kappa shape index (κ3) is 8.25. The number of carbonyl (C=O) groups is 2. The first-order valence-electron chi connectivity index (χ1n) is 3.86. The fraction of sp³-hybridized carbons (Fsp3) is 0.500. The van der Waals surface area contributed by atoms with E-state index in [1.165, 1.54) is 6.08 Å². The Hall–Kier alpha value is -0.360. The van der Waals surface area contributed by atoms with E-state index >= 15 is 0 Å². The van der Waals surface area contributed by atoms with Crippen LogP contribution >= 0.6 is 0 Å². The second-order valence-corrected chi connectivity index (χ2v) is 2.52. The van der Waals surface area contributed by atoms with Crippen LogP contribution in [0.5, 0.6) is 0 Å². The van der Waals surface area contributed by atoms with Crippen molar-refractivity contribution < 1.29 is 50.8 Å². The Morgan fingerprint density at radius 2 is 2.07 bits per heavy atom. The molecule has 0 amide bonds. The average Bonchev–Trinajstić information content (AvgIpc) is 2.03. The SMILES string of the molecule is C=CCNC(CCC(=O)O)C(=O)O.[H-].[Na+]. The molecular formula is C8H14NNaO4. The van der Waals surface area contributed by atoms with E-state index in [4.69, 9.17) is 10.2 Å². The van der Waals surface area contributed by atoms with Gasteiger partial charge in [-0.2, -0.15) is 0 Å². The summed E-state index contributed by atoms with van der Waals surface area (Å²) in [6, 6.07) is -0.811. The summed E-state index contributed by atoms with van der Waals surface area (Å²) < 4.78 is 0. The van der Waals surface area contributed by atoms with Crippen molar-refractivity contribution in [3.8, 4) is 0 Å². The molecule has 0 saturated carbocycles. The number of carboxylic acid groups (broad SMARTS) is 2. The molecule has 5 nitrogen and oxygen atoms in total. The van der Waals surface area contributed by atoms with Crippen molar-refractivity contribution in [1.29, 1.82) is 0 Å². The monoisotopic (exact) mass is 211 g/mol. The zero-order chi connectivity index (χ0) is 10.3. The third-order valence-corrected chi connectivity index (χ3v) is 1.45. The Morgan fingerprint density at radius 1 is 1.50 bits per heavy atom. The van der Waals surface area contributed by atoms with Crippen molar-refractivity contribution in [3.63, 3.8) is 0 Å². The van der Waals surface area contributed by atoms with Gasteiger partial charge in [-0.05, 0) is 6.42 Å². The van der Waals surface area contributed by atoms with Crippen molar-refractivity contribution in [1.82, 2.24) is 5.32 Å². The van der Waals surface area contributed by atoms with Crippen molar-refractivity contribution in [2.24, 2.45) is 0 Å². The van der Waals surface area contributed by atoms with Crippen molar-refractivity contribution in [2.75, 3.05) is 6.54 Å². The van der Waals surface area contributed by atoms with E-state index in [9.17, 15) is 9.59 Å². The molecule has 0 bridgehead atoms. The van der Waals surface area contributed by atoms with E-state index in [2.05, 4.69) is 11.9 Å². The summed E-state index contributed by atoms with van der Waals surface area (Å²) in [6.45, 7) is 3.77. The van der Waals surface area contributed by atoms with Crippen LogP contribution in [0.25, 0.3) is 0 Å². The van der Waals surface area contributed by atoms with Crippen LogP contribution in [-0.2, 0) is 9.59 Å². The van der Waals surface area contributed by atoms with Gasteiger partial charge in [0.15, 0.2) is 0 Å². The van der Waals surface area contributed by atoms with Crippen LogP contribution in [0.15, 0.2) is 12.7 Å². The second-order valence-electron chi connectivity index (χ2n) is 2.52. The number of hydrogen-bond donors (Lipinski definition) is 3. The summed E-state index contributed by atoms with van der Waals surface area (Å²) in [6.07, 6.45) is 1.45. The molecule has 0 fully saturated rings. The van der Waals surface area contributed by atoms with Gasteiger partial charge in [-0.3, -0.25) is 9.59 Å². The summed E-state index contributed by atoms with van der Waals surface area (Å²) in [5.41, 5.74) is 0. The maximum absolute atomic E-state index is 10.5. The number of aliphatic carboxylic acids is 2. The molecule has 1 unspecified atom stereocenters. The minimum Gasteiger partial charge on any atom is -1.00 e. The zero-order valence-corrected chi connectivity index (χ0v) is 10.2. The number of rotatable bonds is 7. The Balaban J connectivity index is -0.000000720. The Kier molecular flexibility index (Phi) is 10.6. The van der Waals surface area contributed by atoms with Crippen LogP contribution in [0.1, 0.15) is 14.3 Å². The van der Waals surface area contributed by atoms with Gasteiger partial charge in [0, 0.05) is 13.0 Å². The molecule has 1 atom stereocenters. The quantitative estimate of drug-likeness (QED) is 0.313. The minimum atomic E-state index is -1.04. The van der Waals surface area contributed by atoms with Crippen LogP contribution in [0.3, 0.4) is 0 Å². The van der Waals surface area contributed by atoms with Crippen LogP contribution in [0.4, 0.5) is 0 Å². The molecule has 3 N–H and O–H groups in total. The maximum Gasteiger partial charge on any atom is 1.00 e. The molecule has 76 valence electrons. The molecule has 6 heteroatoms. The van der Waals surface area contributed by atoms with Gasteiger partial charge in [-0.1, -0.05) is 6.08 Å². The molecule has 0 saturated heterocycles. The van der Waals surface area contributed by atoms with Gasteiger partial charge >= 0.3 is 41.5 Å². The first kappa shape index (κ1) is 16.1. The Bertz CT molecular complexity index is 213. The summed E-state index contributed by atoms with van der Waals surface area (Å²) in [7, 11) is 0. The van der Waals surface area contributed by atoms with Crippen LogP contribution in [-0.4, -0.2) is 34.7 Å². The van der Waals surface area contributed by atoms with Crippen molar-refractivity contribution in [2.45, 2.75) is 18.9 Å². The van der Waals surface area contributed by atoms with Crippen molar-refractivity contribution in [3.05, 3.63) is 12.7 Å². The van der Waals surface area contributed by atoms with E-state index in [0.29, 0.717) is 6.54 Å². The molecule has 0 aliphatic heterocycles. The summed E-state index contributed by atoms with van der Waals surface area (Å²) >= 11 is 0. The van der Waals surface area contributed by atoms with Crippen LogP contribution in [0, 0.1) is 0 Å². The predicted molar refractivity (Wildman–Crippen MR) is 47.6 cm³/mol. The average molecular weight is 211 g/mol. The Morgan fingerprint density at radius 3 is 2.43 bits per heavy atom. The molecule has 0 heterocycles. The van der Waals surface area contributed by atoms with Gasteiger partial charge in [0.25, 0.3) is 0 Å². The van der Waals surface area contributed by atoms with Gasteiger partial charge in [0.1, 0.15) is 6.04 Å². The van der Waals surface area contributed by atoms with Gasteiger partial charge < -0.3 is 17.0 Å². The van der Waals surface area contributed by atoms with Gasteiger partial charge in [-0.25, -0.2) is 0 Å². The standard InChI is InChI=1S/C8H13NO4.Na.H/c1-2-5-9-6(8(12)13)3-4-7(10)11;;/h2,6,9H,1,3-5H2,(H,10,11)(H,12,13);;/q;+1;-1. The summed E-state index contributed by atoms with van der Waals surface area (Å²) in [4.78, 5) is 20.7. The number of carboxylic acids is 2. The van der Waals surface area contributed by atoms with Gasteiger partial charge in [0.2, 0.25) is 0 Å². The normalized spacial score (nSPS) is 11.1. The topological polar surface area (TPSA) is 86.6 Å². The van der Waals surface area contributed by atoms with Crippen LogP contribution in [0.2, 0.25) is 0 Å².